The highest BCUT2D eigenvalue weighted by molar-refractivity contribution is 8.01. The zero-order valence-electron chi connectivity index (χ0n) is 8.16. The van der Waals surface area contributed by atoms with Gasteiger partial charge in [-0.1, -0.05) is 0 Å². The monoisotopic (exact) mass is 199 g/mol. The highest BCUT2D eigenvalue weighted by Crippen LogP contribution is 2.50. The van der Waals surface area contributed by atoms with E-state index in [1.165, 1.54) is 32.5 Å². The molecule has 2 bridgehead atoms. The van der Waals surface area contributed by atoms with Crippen molar-refractivity contribution in [3.8, 4) is 0 Å². The lowest BCUT2D eigenvalue weighted by Gasteiger charge is -2.50. The molecule has 4 saturated heterocycles. The van der Waals surface area contributed by atoms with Gasteiger partial charge in [0.15, 0.2) is 0 Å². The van der Waals surface area contributed by atoms with E-state index in [4.69, 9.17) is 4.74 Å². The Labute approximate surface area is 84.0 Å². The molecular formula is C10H17NOS. The van der Waals surface area contributed by atoms with Gasteiger partial charge >= 0.3 is 0 Å². The summed E-state index contributed by atoms with van der Waals surface area (Å²) in [7, 11) is 0. The molecule has 0 amide bonds. The molecule has 0 radical (unpaired) electrons. The topological polar surface area (TPSA) is 12.5 Å². The van der Waals surface area contributed by atoms with E-state index in [-0.39, 0.29) is 0 Å². The molecule has 74 valence electrons. The van der Waals surface area contributed by atoms with Gasteiger partial charge in [-0.25, -0.2) is 0 Å². The zero-order chi connectivity index (χ0) is 8.89. The Hall–Kier alpha value is 0.270. The standard InChI is InChI=1S/C10H17NOS/c1-8-12-7-10(13-8)6-11-4-2-9(10)3-5-11/h8-9H,2-7H2,1H3. The van der Waals surface area contributed by atoms with Crippen molar-refractivity contribution in [3.05, 3.63) is 0 Å². The minimum absolute atomic E-state index is 0.431. The van der Waals surface area contributed by atoms with E-state index in [9.17, 15) is 0 Å². The fourth-order valence-corrected chi connectivity index (χ4v) is 4.70. The summed E-state index contributed by atoms with van der Waals surface area (Å²) in [6, 6.07) is 0. The highest BCUT2D eigenvalue weighted by Gasteiger charge is 2.51. The second-order valence-electron chi connectivity index (χ2n) is 4.61. The van der Waals surface area contributed by atoms with E-state index < -0.39 is 0 Å². The quantitative estimate of drug-likeness (QED) is 0.587. The van der Waals surface area contributed by atoms with E-state index in [0.29, 0.717) is 10.2 Å². The molecule has 1 spiro atoms. The summed E-state index contributed by atoms with van der Waals surface area (Å²) in [6.45, 7) is 7.15. The van der Waals surface area contributed by atoms with Gasteiger partial charge < -0.3 is 9.64 Å². The maximum Gasteiger partial charge on any atom is 0.101 e. The first-order valence-electron chi connectivity index (χ1n) is 5.30. The van der Waals surface area contributed by atoms with Gasteiger partial charge in [-0.3, -0.25) is 0 Å². The highest BCUT2D eigenvalue weighted by atomic mass is 32.2. The Balaban J connectivity index is 1.83. The average molecular weight is 199 g/mol. The molecule has 2 nitrogen and oxygen atoms in total. The Kier molecular flexibility index (Phi) is 1.90. The minimum Gasteiger partial charge on any atom is -0.366 e. The number of hydrogen-bond acceptors (Lipinski definition) is 3. The summed E-state index contributed by atoms with van der Waals surface area (Å²) < 4.78 is 6.22. The normalized spacial score (nSPS) is 54.7. The molecule has 2 atom stereocenters. The largest absolute Gasteiger partial charge is 0.366 e. The predicted octanol–water partition coefficient (Wildman–Crippen LogP) is 1.56. The molecule has 4 heterocycles. The first-order chi connectivity index (χ1) is 6.28. The third kappa shape index (κ3) is 1.24. The number of thioether (sulfide) groups is 1. The summed E-state index contributed by atoms with van der Waals surface area (Å²) >= 11 is 2.09. The first-order valence-corrected chi connectivity index (χ1v) is 6.18. The number of ether oxygens (including phenoxy) is 1. The maximum atomic E-state index is 5.74. The minimum atomic E-state index is 0.431. The number of rotatable bonds is 0. The average Bonchev–Trinajstić information content (AvgIpc) is 2.49. The van der Waals surface area contributed by atoms with Crippen LogP contribution in [0, 0.1) is 5.92 Å². The van der Waals surface area contributed by atoms with Crippen molar-refractivity contribution >= 4 is 11.8 Å². The molecule has 0 aliphatic carbocycles. The molecule has 0 aromatic carbocycles. The van der Waals surface area contributed by atoms with Crippen LogP contribution in [0.25, 0.3) is 0 Å². The van der Waals surface area contributed by atoms with Crippen molar-refractivity contribution in [1.29, 1.82) is 0 Å². The van der Waals surface area contributed by atoms with Crippen LogP contribution in [0.5, 0.6) is 0 Å². The lowest BCUT2D eigenvalue weighted by molar-refractivity contribution is 0.0288. The Morgan fingerprint density at radius 3 is 2.62 bits per heavy atom. The molecule has 0 saturated carbocycles. The molecule has 4 aliphatic rings. The van der Waals surface area contributed by atoms with Crippen LogP contribution in [0.1, 0.15) is 19.8 Å². The van der Waals surface area contributed by atoms with Gasteiger partial charge in [0, 0.05) is 6.54 Å². The zero-order valence-corrected chi connectivity index (χ0v) is 8.98. The van der Waals surface area contributed by atoms with E-state index in [1.807, 2.05) is 0 Å². The molecule has 4 rings (SSSR count). The van der Waals surface area contributed by atoms with Crippen molar-refractivity contribution in [2.24, 2.45) is 5.92 Å². The Morgan fingerprint density at radius 2 is 2.15 bits per heavy atom. The van der Waals surface area contributed by atoms with Gasteiger partial charge in [0.2, 0.25) is 0 Å². The summed E-state index contributed by atoms with van der Waals surface area (Å²) in [5, 5.41) is 0. The lowest BCUT2D eigenvalue weighted by Crippen LogP contribution is -2.57. The molecule has 0 aromatic heterocycles. The molecular weight excluding hydrogens is 182 g/mol. The van der Waals surface area contributed by atoms with Gasteiger partial charge in [-0.15, -0.1) is 11.8 Å². The van der Waals surface area contributed by atoms with E-state index in [0.717, 1.165) is 12.5 Å². The van der Waals surface area contributed by atoms with Gasteiger partial charge in [0.1, 0.15) is 5.44 Å². The van der Waals surface area contributed by atoms with E-state index in [1.54, 1.807) is 0 Å². The molecule has 0 N–H and O–H groups in total. The van der Waals surface area contributed by atoms with Gasteiger partial charge in [0.25, 0.3) is 0 Å². The lowest BCUT2D eigenvalue weighted by atomic mass is 9.79. The van der Waals surface area contributed by atoms with Gasteiger partial charge in [-0.05, 0) is 38.8 Å². The van der Waals surface area contributed by atoms with Crippen molar-refractivity contribution < 1.29 is 4.74 Å². The third-order valence-corrected chi connectivity index (χ3v) is 5.30. The maximum absolute atomic E-state index is 5.74. The SMILES string of the molecule is CC1OCC2(CN3CCC2CC3)S1. The van der Waals surface area contributed by atoms with Crippen molar-refractivity contribution in [1.82, 2.24) is 4.90 Å². The predicted molar refractivity (Wildman–Crippen MR) is 54.9 cm³/mol. The van der Waals surface area contributed by atoms with E-state index >= 15 is 0 Å². The van der Waals surface area contributed by atoms with Gasteiger partial charge in [0.05, 0.1) is 11.4 Å². The molecule has 13 heavy (non-hydrogen) atoms. The van der Waals surface area contributed by atoms with Crippen LogP contribution >= 0.6 is 11.8 Å². The number of fused-ring (bicyclic) bond motifs is 2. The molecule has 3 heteroatoms. The molecule has 2 unspecified atom stereocenters. The van der Waals surface area contributed by atoms with Crippen molar-refractivity contribution in [3.63, 3.8) is 0 Å². The summed E-state index contributed by atoms with van der Waals surface area (Å²) in [6.07, 6.45) is 2.81. The van der Waals surface area contributed by atoms with Crippen LogP contribution < -0.4 is 0 Å². The van der Waals surface area contributed by atoms with Crippen LogP contribution in [0.3, 0.4) is 0 Å². The molecule has 4 fully saturated rings. The van der Waals surface area contributed by atoms with E-state index in [2.05, 4.69) is 23.6 Å². The van der Waals surface area contributed by atoms with Crippen LogP contribution in [-0.4, -0.2) is 41.3 Å². The van der Waals surface area contributed by atoms with Crippen LogP contribution in [0.15, 0.2) is 0 Å². The second kappa shape index (κ2) is 2.88. The summed E-state index contributed by atoms with van der Waals surface area (Å²) in [5.41, 5.74) is 0.431. The summed E-state index contributed by atoms with van der Waals surface area (Å²) in [5.74, 6) is 0.937. The van der Waals surface area contributed by atoms with Crippen molar-refractivity contribution in [2.75, 3.05) is 26.2 Å². The number of nitrogens with zero attached hydrogens (tertiary/aromatic N) is 1. The first kappa shape index (κ1) is 8.57. The van der Waals surface area contributed by atoms with Crippen LogP contribution in [0.2, 0.25) is 0 Å². The fraction of sp³-hybridized carbons (Fsp3) is 1.00. The summed E-state index contributed by atoms with van der Waals surface area (Å²) in [4.78, 5) is 2.62. The van der Waals surface area contributed by atoms with Crippen LogP contribution in [-0.2, 0) is 4.74 Å². The van der Waals surface area contributed by atoms with Crippen molar-refractivity contribution in [2.45, 2.75) is 29.9 Å². The Morgan fingerprint density at radius 1 is 1.38 bits per heavy atom. The van der Waals surface area contributed by atoms with Gasteiger partial charge in [-0.2, -0.15) is 0 Å². The Bertz CT molecular complexity index is 215. The third-order valence-electron chi connectivity index (χ3n) is 3.79. The number of hydrogen-bond donors (Lipinski definition) is 0. The fourth-order valence-electron chi connectivity index (χ4n) is 3.08. The smallest absolute Gasteiger partial charge is 0.101 e. The number of piperidine rings is 3. The molecule has 0 aromatic rings. The second-order valence-corrected chi connectivity index (χ2v) is 6.32. The van der Waals surface area contributed by atoms with Crippen LogP contribution in [0.4, 0.5) is 0 Å². The molecule has 4 aliphatic heterocycles.